The van der Waals surface area contributed by atoms with E-state index in [-0.39, 0.29) is 5.82 Å². The predicted octanol–water partition coefficient (Wildman–Crippen LogP) is 0.574. The Labute approximate surface area is 111 Å². The van der Waals surface area contributed by atoms with Gasteiger partial charge in [-0.15, -0.1) is 16.4 Å². The maximum atomic E-state index is 12.0. The molecule has 0 aliphatic carbocycles. The Morgan fingerprint density at radius 3 is 3.00 bits per heavy atom. The highest BCUT2D eigenvalue weighted by atomic mass is 32.1. The van der Waals surface area contributed by atoms with Crippen LogP contribution in [0.4, 0.5) is 0 Å². The molecule has 0 aliphatic heterocycles. The first-order valence-corrected chi connectivity index (χ1v) is 6.41. The number of rotatable bonds is 1. The van der Waals surface area contributed by atoms with E-state index in [0.717, 1.165) is 5.69 Å². The number of thiazole rings is 1. The first-order chi connectivity index (χ1) is 9.15. The third-order valence-corrected chi connectivity index (χ3v) is 3.43. The lowest BCUT2D eigenvalue weighted by atomic mass is 10.5. The normalized spacial score (nSPS) is 12.2. The zero-order valence-corrected chi connectivity index (χ0v) is 11.1. The van der Waals surface area contributed by atoms with Gasteiger partial charge in [-0.25, -0.2) is 9.50 Å². The van der Waals surface area contributed by atoms with Crippen molar-refractivity contribution in [3.8, 4) is 0 Å². The summed E-state index contributed by atoms with van der Waals surface area (Å²) >= 11 is 1.38. The van der Waals surface area contributed by atoms with Gasteiger partial charge in [0.2, 0.25) is 5.82 Å². The van der Waals surface area contributed by atoms with Crippen LogP contribution in [-0.2, 0) is 7.05 Å². The molecule has 0 aromatic carbocycles. The second-order valence-corrected chi connectivity index (χ2v) is 4.82. The molecule has 0 unspecified atom stereocenters. The molecule has 8 heteroatoms. The third kappa shape index (κ3) is 2.06. The molecule has 1 amide bonds. The molecular formula is C11H10N6OS. The Morgan fingerprint density at radius 1 is 1.47 bits per heavy atom. The number of aryl methyl sites for hydroxylation is 2. The van der Waals surface area contributed by atoms with Crippen LogP contribution in [0.15, 0.2) is 28.8 Å². The molecule has 0 radical (unpaired) electrons. The Morgan fingerprint density at radius 2 is 2.32 bits per heavy atom. The summed E-state index contributed by atoms with van der Waals surface area (Å²) in [7, 11) is 1.82. The van der Waals surface area contributed by atoms with E-state index < -0.39 is 5.91 Å². The largest absolute Gasteiger partial charge is 0.327 e. The molecule has 3 heterocycles. The SMILES string of the molecule is Cc1ccnc2nc(C(=O)N=c3sccn3C)nn12. The van der Waals surface area contributed by atoms with Crippen LogP contribution in [0.3, 0.4) is 0 Å². The van der Waals surface area contributed by atoms with Crippen molar-refractivity contribution in [1.29, 1.82) is 0 Å². The van der Waals surface area contributed by atoms with E-state index in [4.69, 9.17) is 0 Å². The molecule has 96 valence electrons. The molecule has 3 rings (SSSR count). The van der Waals surface area contributed by atoms with E-state index in [9.17, 15) is 4.79 Å². The summed E-state index contributed by atoms with van der Waals surface area (Å²) in [6, 6.07) is 1.80. The van der Waals surface area contributed by atoms with E-state index in [1.165, 1.54) is 15.9 Å². The lowest BCUT2D eigenvalue weighted by Gasteiger charge is -1.92. The van der Waals surface area contributed by atoms with Crippen LogP contribution in [0.5, 0.6) is 0 Å². The van der Waals surface area contributed by atoms with Gasteiger partial charge < -0.3 is 4.57 Å². The number of carbonyl (C=O) groups excluding carboxylic acids is 1. The fourth-order valence-electron chi connectivity index (χ4n) is 1.57. The van der Waals surface area contributed by atoms with E-state index in [1.807, 2.05) is 25.5 Å². The third-order valence-electron chi connectivity index (χ3n) is 2.58. The minimum Gasteiger partial charge on any atom is -0.327 e. The Bertz CT molecular complexity index is 827. The summed E-state index contributed by atoms with van der Waals surface area (Å²) in [6.45, 7) is 1.87. The number of aromatic nitrogens is 5. The van der Waals surface area contributed by atoms with Crippen LogP contribution in [0.1, 0.15) is 16.3 Å². The molecule has 0 saturated heterocycles. The highest BCUT2D eigenvalue weighted by Gasteiger charge is 2.13. The van der Waals surface area contributed by atoms with Crippen molar-refractivity contribution in [1.82, 2.24) is 24.1 Å². The summed E-state index contributed by atoms with van der Waals surface area (Å²) in [6.07, 6.45) is 3.46. The summed E-state index contributed by atoms with van der Waals surface area (Å²) < 4.78 is 3.29. The van der Waals surface area contributed by atoms with E-state index in [1.54, 1.807) is 16.8 Å². The average Bonchev–Trinajstić information content (AvgIpc) is 2.97. The van der Waals surface area contributed by atoms with Gasteiger partial charge in [-0.2, -0.15) is 9.98 Å². The molecule has 0 bridgehead atoms. The highest BCUT2D eigenvalue weighted by Crippen LogP contribution is 2.02. The Hall–Kier alpha value is -2.35. The topological polar surface area (TPSA) is 77.4 Å². The minimum absolute atomic E-state index is 0.0511. The quantitative estimate of drug-likeness (QED) is 0.650. The second kappa shape index (κ2) is 4.39. The number of fused-ring (bicyclic) bond motifs is 1. The maximum Gasteiger partial charge on any atom is 0.319 e. The van der Waals surface area contributed by atoms with Gasteiger partial charge in [0.05, 0.1) is 0 Å². The Balaban J connectivity index is 2.08. The van der Waals surface area contributed by atoms with Crippen molar-refractivity contribution < 1.29 is 4.79 Å². The van der Waals surface area contributed by atoms with Crippen molar-refractivity contribution in [3.63, 3.8) is 0 Å². The predicted molar refractivity (Wildman–Crippen MR) is 68.7 cm³/mol. The number of amides is 1. The van der Waals surface area contributed by atoms with Crippen molar-refractivity contribution >= 4 is 23.0 Å². The first kappa shape index (κ1) is 11.7. The molecule has 0 saturated carbocycles. The van der Waals surface area contributed by atoms with Gasteiger partial charge in [-0.1, -0.05) is 0 Å². The molecule has 3 aromatic heterocycles. The van der Waals surface area contributed by atoms with Crippen molar-refractivity contribution in [3.05, 3.63) is 40.2 Å². The maximum absolute atomic E-state index is 12.0. The first-order valence-electron chi connectivity index (χ1n) is 5.53. The lowest BCUT2D eigenvalue weighted by molar-refractivity contribution is 0.0988. The lowest BCUT2D eigenvalue weighted by Crippen LogP contribution is -2.13. The summed E-state index contributed by atoms with van der Waals surface area (Å²) in [5.41, 5.74) is 0.859. The second-order valence-electron chi connectivity index (χ2n) is 3.95. The Kier molecular flexibility index (Phi) is 2.71. The van der Waals surface area contributed by atoms with Gasteiger partial charge in [-0.05, 0) is 13.0 Å². The molecular weight excluding hydrogens is 264 g/mol. The highest BCUT2D eigenvalue weighted by molar-refractivity contribution is 7.07. The summed E-state index contributed by atoms with van der Waals surface area (Å²) in [5, 5.41) is 5.97. The number of hydrogen-bond donors (Lipinski definition) is 0. The standard InChI is InChI=1S/C11H10N6OS/c1-7-3-4-12-10-13-8(15-17(7)10)9(18)14-11-16(2)5-6-19-11/h3-6H,1-2H3. The number of hydrogen-bond acceptors (Lipinski definition) is 5. The van der Waals surface area contributed by atoms with Crippen LogP contribution in [0.25, 0.3) is 5.78 Å². The fourth-order valence-corrected chi connectivity index (χ4v) is 2.30. The molecule has 0 N–H and O–H groups in total. The molecule has 0 atom stereocenters. The van der Waals surface area contributed by atoms with Crippen LogP contribution in [0, 0.1) is 6.92 Å². The van der Waals surface area contributed by atoms with Gasteiger partial charge in [0.15, 0.2) is 4.80 Å². The van der Waals surface area contributed by atoms with Gasteiger partial charge in [0.25, 0.3) is 5.78 Å². The number of carbonyl (C=O) groups is 1. The van der Waals surface area contributed by atoms with E-state index in [0.29, 0.717) is 10.6 Å². The average molecular weight is 274 g/mol. The molecule has 3 aromatic rings. The van der Waals surface area contributed by atoms with Crippen molar-refractivity contribution in [2.24, 2.45) is 12.0 Å². The van der Waals surface area contributed by atoms with E-state index >= 15 is 0 Å². The van der Waals surface area contributed by atoms with Crippen LogP contribution in [-0.4, -0.2) is 30.1 Å². The summed E-state index contributed by atoms with van der Waals surface area (Å²) in [4.78, 5) is 24.7. The molecule has 0 spiro atoms. The van der Waals surface area contributed by atoms with Crippen molar-refractivity contribution in [2.75, 3.05) is 0 Å². The smallest absolute Gasteiger partial charge is 0.319 e. The molecule has 0 aliphatic rings. The van der Waals surface area contributed by atoms with E-state index in [2.05, 4.69) is 20.1 Å². The van der Waals surface area contributed by atoms with Crippen LogP contribution < -0.4 is 4.80 Å². The number of nitrogens with zero attached hydrogens (tertiary/aromatic N) is 6. The minimum atomic E-state index is -0.469. The fraction of sp³-hybridized carbons (Fsp3) is 0.182. The van der Waals surface area contributed by atoms with Gasteiger partial charge in [-0.3, -0.25) is 4.79 Å². The monoisotopic (exact) mass is 274 g/mol. The molecule has 7 nitrogen and oxygen atoms in total. The van der Waals surface area contributed by atoms with Crippen LogP contribution in [0.2, 0.25) is 0 Å². The zero-order chi connectivity index (χ0) is 13.4. The molecule has 19 heavy (non-hydrogen) atoms. The molecule has 0 fully saturated rings. The van der Waals surface area contributed by atoms with Crippen LogP contribution >= 0.6 is 11.3 Å². The summed E-state index contributed by atoms with van der Waals surface area (Å²) in [5.74, 6) is -0.0211. The van der Waals surface area contributed by atoms with Gasteiger partial charge >= 0.3 is 5.91 Å². The van der Waals surface area contributed by atoms with Crippen molar-refractivity contribution in [2.45, 2.75) is 6.92 Å². The van der Waals surface area contributed by atoms with Gasteiger partial charge in [0.1, 0.15) is 0 Å². The van der Waals surface area contributed by atoms with Gasteiger partial charge in [0, 0.05) is 30.5 Å². The zero-order valence-electron chi connectivity index (χ0n) is 10.3.